The van der Waals surface area contributed by atoms with E-state index < -0.39 is 6.10 Å². The molecule has 0 spiro atoms. The topological polar surface area (TPSA) is 47.9 Å². The molecular formula is C15H20O4. The third-order valence-corrected chi connectivity index (χ3v) is 2.27. The largest absolute Gasteiger partial charge is 0.504 e. The van der Waals surface area contributed by atoms with Gasteiger partial charge in [0, 0.05) is 0 Å². The van der Waals surface area contributed by atoms with E-state index in [4.69, 9.17) is 14.2 Å². The Balaban J connectivity index is 2.32. The molecule has 0 aliphatic heterocycles. The van der Waals surface area contributed by atoms with Gasteiger partial charge in [0.2, 0.25) is 0 Å². The van der Waals surface area contributed by atoms with Gasteiger partial charge >= 0.3 is 0 Å². The van der Waals surface area contributed by atoms with Gasteiger partial charge in [-0.25, -0.2) is 0 Å². The quantitative estimate of drug-likeness (QED) is 0.422. The van der Waals surface area contributed by atoms with Gasteiger partial charge in [-0.05, 0) is 23.8 Å². The lowest BCUT2D eigenvalue weighted by molar-refractivity contribution is 0.0214. The van der Waals surface area contributed by atoms with E-state index in [0.29, 0.717) is 12.4 Å². The maximum atomic E-state index is 9.60. The fraction of sp³-hybridized carbons (Fsp3) is 0.333. The van der Waals surface area contributed by atoms with E-state index in [-0.39, 0.29) is 13.2 Å². The molecule has 0 amide bonds. The first kappa shape index (κ1) is 15.3. The third-order valence-electron chi connectivity index (χ3n) is 2.27. The highest BCUT2D eigenvalue weighted by Gasteiger charge is 2.04. The van der Waals surface area contributed by atoms with Crippen molar-refractivity contribution in [3.05, 3.63) is 48.7 Å². The average Bonchev–Trinajstić information content (AvgIpc) is 2.44. The van der Waals surface area contributed by atoms with Crippen LogP contribution in [0.1, 0.15) is 5.56 Å². The highest BCUT2D eigenvalue weighted by molar-refractivity contribution is 5.49. The second-order valence-corrected chi connectivity index (χ2v) is 3.90. The van der Waals surface area contributed by atoms with Crippen LogP contribution < -0.4 is 4.74 Å². The summed E-state index contributed by atoms with van der Waals surface area (Å²) in [5.41, 5.74) is 1.02. The molecule has 0 aliphatic carbocycles. The van der Waals surface area contributed by atoms with Crippen molar-refractivity contribution in [2.24, 2.45) is 0 Å². The number of hydrogen-bond donors (Lipinski definition) is 1. The van der Waals surface area contributed by atoms with Gasteiger partial charge < -0.3 is 19.3 Å². The van der Waals surface area contributed by atoms with Gasteiger partial charge in [0.25, 0.3) is 0 Å². The minimum atomic E-state index is -0.645. The van der Waals surface area contributed by atoms with Crippen molar-refractivity contribution < 1.29 is 19.3 Å². The summed E-state index contributed by atoms with van der Waals surface area (Å²) >= 11 is 0. The minimum Gasteiger partial charge on any atom is -0.504 e. The van der Waals surface area contributed by atoms with Crippen LogP contribution in [0.25, 0.3) is 6.08 Å². The van der Waals surface area contributed by atoms with Crippen LogP contribution >= 0.6 is 0 Å². The molecule has 4 heteroatoms. The molecule has 1 atom stereocenters. The standard InChI is InChI=1S/C15H20O4/c1-3-9-18-11-14(16)12-19-15-6-4-13(5-7-15)8-10-17-2/h3-8,10,14,16H,1,9,11-12H2,2H3. The molecule has 104 valence electrons. The summed E-state index contributed by atoms with van der Waals surface area (Å²) in [6, 6.07) is 7.50. The maximum Gasteiger partial charge on any atom is 0.119 e. The predicted molar refractivity (Wildman–Crippen MR) is 75.0 cm³/mol. The molecule has 1 aromatic carbocycles. The molecule has 0 radical (unpaired) electrons. The Morgan fingerprint density at radius 1 is 1.26 bits per heavy atom. The lowest BCUT2D eigenvalue weighted by Gasteiger charge is -2.12. The van der Waals surface area contributed by atoms with Crippen LogP contribution in [-0.4, -0.2) is 38.1 Å². The Hall–Kier alpha value is -1.78. The molecule has 1 rings (SSSR count). The molecule has 1 N–H and O–H groups in total. The first-order valence-electron chi connectivity index (χ1n) is 6.05. The van der Waals surface area contributed by atoms with E-state index in [1.807, 2.05) is 30.3 Å². The minimum absolute atomic E-state index is 0.199. The number of aliphatic hydroxyl groups excluding tert-OH is 1. The molecule has 1 unspecified atom stereocenters. The molecule has 0 heterocycles. The van der Waals surface area contributed by atoms with E-state index in [2.05, 4.69) is 6.58 Å². The summed E-state index contributed by atoms with van der Waals surface area (Å²) in [5.74, 6) is 0.706. The molecule has 0 aromatic heterocycles. The van der Waals surface area contributed by atoms with E-state index in [0.717, 1.165) is 5.56 Å². The van der Waals surface area contributed by atoms with Crippen LogP contribution in [0.5, 0.6) is 5.75 Å². The Labute approximate surface area is 113 Å². The van der Waals surface area contributed by atoms with E-state index in [9.17, 15) is 5.11 Å². The predicted octanol–water partition coefficient (Wildman–Crippen LogP) is 2.25. The fourth-order valence-electron chi connectivity index (χ4n) is 1.35. The SMILES string of the molecule is C=CCOCC(O)COc1ccc(C=COC)cc1. The van der Waals surface area contributed by atoms with Crippen molar-refractivity contribution in [2.75, 3.05) is 26.9 Å². The van der Waals surface area contributed by atoms with E-state index >= 15 is 0 Å². The lowest BCUT2D eigenvalue weighted by atomic mass is 10.2. The van der Waals surface area contributed by atoms with Gasteiger partial charge in [-0.2, -0.15) is 0 Å². The van der Waals surface area contributed by atoms with Gasteiger partial charge in [-0.1, -0.05) is 18.2 Å². The van der Waals surface area contributed by atoms with Gasteiger partial charge in [-0.15, -0.1) is 6.58 Å². The molecule has 0 bridgehead atoms. The molecular weight excluding hydrogens is 244 g/mol. The highest BCUT2D eigenvalue weighted by atomic mass is 16.5. The molecule has 19 heavy (non-hydrogen) atoms. The third kappa shape index (κ3) is 6.64. The number of ether oxygens (including phenoxy) is 3. The number of rotatable bonds is 9. The maximum absolute atomic E-state index is 9.60. The Bertz CT molecular complexity index is 384. The van der Waals surface area contributed by atoms with Gasteiger partial charge in [-0.3, -0.25) is 0 Å². The van der Waals surface area contributed by atoms with Crippen LogP contribution in [0.4, 0.5) is 0 Å². The van der Waals surface area contributed by atoms with Crippen molar-refractivity contribution in [1.82, 2.24) is 0 Å². The summed E-state index contributed by atoms with van der Waals surface area (Å²) < 4.78 is 15.4. The van der Waals surface area contributed by atoms with E-state index in [1.165, 1.54) is 0 Å². The first-order valence-corrected chi connectivity index (χ1v) is 6.05. The molecule has 0 saturated heterocycles. The molecule has 0 saturated carbocycles. The van der Waals surface area contributed by atoms with Crippen LogP contribution in [0.3, 0.4) is 0 Å². The zero-order valence-electron chi connectivity index (χ0n) is 11.1. The number of methoxy groups -OCH3 is 1. The zero-order valence-corrected chi connectivity index (χ0v) is 11.1. The summed E-state index contributed by atoms with van der Waals surface area (Å²) in [6.45, 7) is 4.39. The molecule has 0 aliphatic rings. The summed E-state index contributed by atoms with van der Waals surface area (Å²) in [4.78, 5) is 0. The van der Waals surface area contributed by atoms with Crippen LogP contribution in [0.15, 0.2) is 43.2 Å². The average molecular weight is 264 g/mol. The highest BCUT2D eigenvalue weighted by Crippen LogP contribution is 2.13. The Kier molecular flexibility index (Phi) is 7.39. The number of hydrogen-bond acceptors (Lipinski definition) is 4. The Morgan fingerprint density at radius 3 is 2.63 bits per heavy atom. The van der Waals surface area contributed by atoms with Crippen molar-refractivity contribution in [2.45, 2.75) is 6.10 Å². The second kappa shape index (κ2) is 9.19. The van der Waals surface area contributed by atoms with Gasteiger partial charge in [0.1, 0.15) is 18.5 Å². The second-order valence-electron chi connectivity index (χ2n) is 3.90. The molecule has 1 aromatic rings. The van der Waals surface area contributed by atoms with Crippen LogP contribution in [0, 0.1) is 0 Å². The lowest BCUT2D eigenvalue weighted by Crippen LogP contribution is -2.23. The van der Waals surface area contributed by atoms with Crippen molar-refractivity contribution in [3.63, 3.8) is 0 Å². The molecule has 4 nitrogen and oxygen atoms in total. The normalized spacial score (nSPS) is 12.3. The smallest absolute Gasteiger partial charge is 0.119 e. The molecule has 0 fully saturated rings. The van der Waals surface area contributed by atoms with Crippen LogP contribution in [-0.2, 0) is 9.47 Å². The zero-order chi connectivity index (χ0) is 13.9. The van der Waals surface area contributed by atoms with E-state index in [1.54, 1.807) is 19.4 Å². The van der Waals surface area contributed by atoms with Crippen molar-refractivity contribution >= 4 is 6.08 Å². The summed E-state index contributed by atoms with van der Waals surface area (Å²) in [6.07, 6.45) is 4.45. The Morgan fingerprint density at radius 2 is 2.00 bits per heavy atom. The number of benzene rings is 1. The first-order chi connectivity index (χ1) is 9.26. The van der Waals surface area contributed by atoms with Crippen molar-refractivity contribution in [3.8, 4) is 5.75 Å². The number of aliphatic hydroxyl groups is 1. The van der Waals surface area contributed by atoms with Gasteiger partial charge in [0.15, 0.2) is 0 Å². The summed E-state index contributed by atoms with van der Waals surface area (Å²) in [7, 11) is 1.60. The van der Waals surface area contributed by atoms with Crippen molar-refractivity contribution in [1.29, 1.82) is 0 Å². The van der Waals surface area contributed by atoms with Gasteiger partial charge in [0.05, 0.1) is 26.6 Å². The fourth-order valence-corrected chi connectivity index (χ4v) is 1.35. The van der Waals surface area contributed by atoms with Crippen LogP contribution in [0.2, 0.25) is 0 Å². The monoisotopic (exact) mass is 264 g/mol. The summed E-state index contributed by atoms with van der Waals surface area (Å²) in [5, 5.41) is 9.60.